The first-order chi connectivity index (χ1) is 21.8. The molecule has 12 heteroatoms. The number of fused-ring (bicyclic) bond motifs is 1. The molecular weight excluding hydrogens is 610 g/mol. The lowest BCUT2D eigenvalue weighted by molar-refractivity contribution is -0.134. The van der Waals surface area contributed by atoms with E-state index in [0.29, 0.717) is 67.9 Å². The van der Waals surface area contributed by atoms with Crippen LogP contribution >= 0.6 is 22.9 Å². The summed E-state index contributed by atoms with van der Waals surface area (Å²) in [6.45, 7) is 5.18. The number of nitrogens with zero attached hydrogens (tertiary/aromatic N) is 4. The van der Waals surface area contributed by atoms with Gasteiger partial charge >= 0.3 is 12.1 Å². The van der Waals surface area contributed by atoms with Crippen LogP contribution < -0.4 is 16.4 Å². The van der Waals surface area contributed by atoms with Crippen LogP contribution in [0.15, 0.2) is 23.6 Å². The normalized spacial score (nSPS) is 20.7. The highest BCUT2D eigenvalue weighted by molar-refractivity contribution is 7.14. The number of rotatable bonds is 6. The summed E-state index contributed by atoms with van der Waals surface area (Å²) in [5, 5.41) is 9.28. The molecular formula is C33H42ClN7O3S. The van der Waals surface area contributed by atoms with E-state index in [1.54, 1.807) is 17.0 Å². The fraction of sp³-hybridized carbons (Fsp3) is 0.545. The number of carbonyl (C=O) groups is 3. The molecule has 3 fully saturated rings. The third-order valence-electron chi connectivity index (χ3n) is 9.82. The molecule has 0 spiro atoms. The van der Waals surface area contributed by atoms with Crippen LogP contribution in [0.3, 0.4) is 0 Å². The van der Waals surface area contributed by atoms with Crippen molar-refractivity contribution in [3.05, 3.63) is 45.3 Å². The molecule has 240 valence electrons. The highest BCUT2D eigenvalue weighted by Crippen LogP contribution is 2.32. The molecule has 2 aromatic rings. The predicted molar refractivity (Wildman–Crippen MR) is 178 cm³/mol. The molecule has 0 bridgehead atoms. The van der Waals surface area contributed by atoms with Crippen LogP contribution in [0.25, 0.3) is 0 Å². The molecule has 1 aromatic heterocycles. The molecule has 0 aliphatic carbocycles. The molecule has 10 nitrogen and oxygen atoms in total. The van der Waals surface area contributed by atoms with Crippen molar-refractivity contribution in [1.82, 2.24) is 24.9 Å². The van der Waals surface area contributed by atoms with Crippen LogP contribution in [0.1, 0.15) is 61.6 Å². The Kier molecular flexibility index (Phi) is 9.73. The van der Waals surface area contributed by atoms with Crippen molar-refractivity contribution < 1.29 is 14.4 Å². The van der Waals surface area contributed by atoms with Crippen LogP contribution in [0.5, 0.6) is 0 Å². The largest absolute Gasteiger partial charge is 0.397 e. The first-order valence-corrected chi connectivity index (χ1v) is 17.3. The number of nitrogen functional groups attached to an aromatic ring is 1. The van der Waals surface area contributed by atoms with Crippen LogP contribution in [-0.2, 0) is 17.8 Å². The highest BCUT2D eigenvalue weighted by Gasteiger charge is 2.36. The Morgan fingerprint density at radius 1 is 1.04 bits per heavy atom. The minimum Gasteiger partial charge on any atom is -0.397 e. The van der Waals surface area contributed by atoms with Crippen molar-refractivity contribution in [2.24, 2.45) is 0 Å². The standard InChI is InChI=1S/C33H42ClN7O3S/c1-2-23-18-22(19-27(34)29(23)35)20-28(31(42)39-13-6-25(7-14-39)38-11-4-3-5-12-38)36-32(43)40-15-8-26(9-16-40)41-21-24-10-17-45-30(24)37-33(41)44/h1,10,17-19,25-26,28H,3-9,11-16,20-21,35H2,(H,36,43)(H,37,44)/t28-/m1/s1. The third kappa shape index (κ3) is 7.03. The Hall–Kier alpha value is -3.46. The molecule has 4 aliphatic heterocycles. The molecule has 4 N–H and O–H groups in total. The number of piperidine rings is 3. The van der Waals surface area contributed by atoms with E-state index in [2.05, 4.69) is 21.5 Å². The molecule has 5 heterocycles. The number of carbonyl (C=O) groups excluding carboxylic acids is 3. The summed E-state index contributed by atoms with van der Waals surface area (Å²) < 4.78 is 0. The Morgan fingerprint density at radius 3 is 2.44 bits per heavy atom. The van der Waals surface area contributed by atoms with Gasteiger partial charge in [0.2, 0.25) is 5.91 Å². The maximum Gasteiger partial charge on any atom is 0.323 e. The Bertz CT molecular complexity index is 1450. The van der Waals surface area contributed by atoms with Gasteiger partial charge in [0.05, 0.1) is 17.3 Å². The number of hydrogen-bond donors (Lipinski definition) is 3. The summed E-state index contributed by atoms with van der Waals surface area (Å²) in [5.41, 5.74) is 8.72. The molecule has 1 atom stereocenters. The first kappa shape index (κ1) is 31.5. The molecule has 4 aliphatic rings. The Morgan fingerprint density at radius 2 is 1.73 bits per heavy atom. The minimum absolute atomic E-state index is 0.0415. The van der Waals surface area contributed by atoms with Gasteiger partial charge in [0.1, 0.15) is 11.0 Å². The Labute approximate surface area is 274 Å². The number of nitrogens with one attached hydrogen (secondary N) is 2. The molecule has 6 rings (SSSR count). The molecule has 1 aromatic carbocycles. The van der Waals surface area contributed by atoms with Gasteiger partial charge in [-0.25, -0.2) is 9.59 Å². The van der Waals surface area contributed by atoms with Gasteiger partial charge in [0.25, 0.3) is 0 Å². The second-order valence-corrected chi connectivity index (χ2v) is 13.9. The number of likely N-dealkylation sites (tertiary alicyclic amines) is 3. The third-order valence-corrected chi connectivity index (χ3v) is 11.0. The van der Waals surface area contributed by atoms with E-state index < -0.39 is 6.04 Å². The van der Waals surface area contributed by atoms with Gasteiger partial charge in [-0.2, -0.15) is 0 Å². The SMILES string of the molecule is C#Cc1cc(C[C@@H](NC(=O)N2CCC(N3Cc4ccsc4NC3=O)CC2)C(=O)N2CCC(N3CCCCC3)CC2)cc(Cl)c1N. The zero-order chi connectivity index (χ0) is 31.5. The maximum absolute atomic E-state index is 14.0. The summed E-state index contributed by atoms with van der Waals surface area (Å²) in [6, 6.07) is 4.93. The highest BCUT2D eigenvalue weighted by atomic mass is 35.5. The van der Waals surface area contributed by atoms with E-state index in [9.17, 15) is 14.4 Å². The predicted octanol–water partition coefficient (Wildman–Crippen LogP) is 4.57. The second-order valence-electron chi connectivity index (χ2n) is 12.6. The average molecular weight is 652 g/mol. The summed E-state index contributed by atoms with van der Waals surface area (Å²) in [7, 11) is 0. The monoisotopic (exact) mass is 651 g/mol. The zero-order valence-corrected chi connectivity index (χ0v) is 27.2. The summed E-state index contributed by atoms with van der Waals surface area (Å²) in [5.74, 6) is 2.48. The fourth-order valence-electron chi connectivity index (χ4n) is 7.21. The molecule has 0 saturated carbocycles. The van der Waals surface area contributed by atoms with Crippen molar-refractivity contribution in [3.63, 3.8) is 0 Å². The quantitative estimate of drug-likeness (QED) is 0.313. The smallest absolute Gasteiger partial charge is 0.323 e. The number of amides is 5. The topological polar surface area (TPSA) is 114 Å². The van der Waals surface area contributed by atoms with Crippen LogP contribution in [-0.4, -0.2) is 95.0 Å². The molecule has 5 amide bonds. The number of terminal acetylenes is 1. The zero-order valence-electron chi connectivity index (χ0n) is 25.6. The number of nitrogens with two attached hydrogens (primary N) is 1. The van der Waals surface area contributed by atoms with Gasteiger partial charge in [-0.15, -0.1) is 17.8 Å². The lowest BCUT2D eigenvalue weighted by atomic mass is 9.97. The van der Waals surface area contributed by atoms with E-state index in [1.165, 1.54) is 30.6 Å². The number of benzene rings is 1. The number of hydrogen-bond acceptors (Lipinski definition) is 6. The van der Waals surface area contributed by atoms with E-state index in [4.69, 9.17) is 23.8 Å². The van der Waals surface area contributed by atoms with Gasteiger partial charge < -0.3 is 30.7 Å². The summed E-state index contributed by atoms with van der Waals surface area (Å²) in [6.07, 6.45) is 12.9. The van der Waals surface area contributed by atoms with Crippen molar-refractivity contribution in [1.29, 1.82) is 0 Å². The second kappa shape index (κ2) is 13.9. The lowest BCUT2D eigenvalue weighted by Crippen LogP contribution is -2.57. The number of halogens is 1. The van der Waals surface area contributed by atoms with Gasteiger partial charge in [-0.3, -0.25) is 10.1 Å². The van der Waals surface area contributed by atoms with Gasteiger partial charge in [0, 0.05) is 55.8 Å². The summed E-state index contributed by atoms with van der Waals surface area (Å²) >= 11 is 7.92. The van der Waals surface area contributed by atoms with Gasteiger partial charge in [0.15, 0.2) is 0 Å². The van der Waals surface area contributed by atoms with E-state index >= 15 is 0 Å². The molecule has 0 unspecified atom stereocenters. The van der Waals surface area contributed by atoms with Gasteiger partial charge in [-0.05, 0) is 80.8 Å². The van der Waals surface area contributed by atoms with E-state index in [1.807, 2.05) is 21.2 Å². The van der Waals surface area contributed by atoms with Crippen molar-refractivity contribution in [3.8, 4) is 12.3 Å². The lowest BCUT2D eigenvalue weighted by Gasteiger charge is -2.41. The van der Waals surface area contributed by atoms with Crippen LogP contribution in [0.2, 0.25) is 5.02 Å². The first-order valence-electron chi connectivity index (χ1n) is 16.1. The van der Waals surface area contributed by atoms with E-state index in [-0.39, 0.29) is 30.4 Å². The molecule has 0 radical (unpaired) electrons. The minimum atomic E-state index is -0.781. The number of urea groups is 2. The molecule has 45 heavy (non-hydrogen) atoms. The van der Waals surface area contributed by atoms with Gasteiger partial charge in [-0.1, -0.05) is 23.9 Å². The number of thiophene rings is 1. The van der Waals surface area contributed by atoms with E-state index in [0.717, 1.165) is 42.1 Å². The van der Waals surface area contributed by atoms with Crippen LogP contribution in [0, 0.1) is 12.3 Å². The van der Waals surface area contributed by atoms with Crippen molar-refractivity contribution in [2.45, 2.75) is 76.0 Å². The average Bonchev–Trinajstić information content (AvgIpc) is 3.53. The molecule has 3 saturated heterocycles. The van der Waals surface area contributed by atoms with Crippen LogP contribution in [0.4, 0.5) is 20.3 Å². The fourth-order valence-corrected chi connectivity index (χ4v) is 8.25. The summed E-state index contributed by atoms with van der Waals surface area (Å²) in [4.78, 5) is 48.5. The number of anilines is 2. The van der Waals surface area contributed by atoms with Crippen molar-refractivity contribution in [2.75, 3.05) is 50.3 Å². The van der Waals surface area contributed by atoms with Crippen molar-refractivity contribution >= 4 is 51.6 Å². The Balaban J connectivity index is 1.11. The maximum atomic E-state index is 14.0.